The van der Waals surface area contributed by atoms with Gasteiger partial charge in [0.2, 0.25) is 0 Å². The first kappa shape index (κ1) is 16.6. The van der Waals surface area contributed by atoms with Crippen molar-refractivity contribution in [2.75, 3.05) is 6.61 Å². The number of nitrogens with zero attached hydrogens (tertiary/aromatic N) is 4. The van der Waals surface area contributed by atoms with Crippen molar-refractivity contribution in [3.8, 4) is 0 Å². The van der Waals surface area contributed by atoms with Gasteiger partial charge in [-0.25, -0.2) is 9.97 Å². The Balaban J connectivity index is 1.57. The second-order valence-electron chi connectivity index (χ2n) is 5.97. The van der Waals surface area contributed by atoms with Gasteiger partial charge in [-0.2, -0.15) is 5.10 Å². The third-order valence-corrected chi connectivity index (χ3v) is 4.16. The van der Waals surface area contributed by atoms with Crippen LogP contribution in [0.1, 0.15) is 59.7 Å². The average Bonchev–Trinajstić information content (AvgIpc) is 3.02. The number of rotatable bonds is 5. The van der Waals surface area contributed by atoms with Crippen LogP contribution >= 0.6 is 0 Å². The number of aromatic nitrogens is 4. The summed E-state index contributed by atoms with van der Waals surface area (Å²) in [4.78, 5) is 21.0. The van der Waals surface area contributed by atoms with E-state index in [2.05, 4.69) is 20.4 Å². The lowest BCUT2D eigenvalue weighted by molar-refractivity contribution is 0.00940. The van der Waals surface area contributed by atoms with Gasteiger partial charge in [0.25, 0.3) is 5.91 Å². The summed E-state index contributed by atoms with van der Waals surface area (Å²) in [6.45, 7) is 5.73. The molecule has 0 aliphatic carbocycles. The van der Waals surface area contributed by atoms with Crippen LogP contribution in [-0.4, -0.2) is 32.3 Å². The summed E-state index contributed by atoms with van der Waals surface area (Å²) in [5, 5.41) is 7.17. The first-order valence-corrected chi connectivity index (χ1v) is 8.42. The standard InChI is InChI=1S/C17H23N5O2/c1-3-22-11-14(12(2)21-22)17(23)20-10-13-8-18-16(19-9-13)15-6-4-5-7-24-15/h8-9,11,15H,3-7,10H2,1-2H3,(H,20,23). The first-order chi connectivity index (χ1) is 11.7. The fourth-order valence-corrected chi connectivity index (χ4v) is 2.75. The highest BCUT2D eigenvalue weighted by molar-refractivity contribution is 5.94. The van der Waals surface area contributed by atoms with E-state index in [0.29, 0.717) is 12.1 Å². The predicted octanol–water partition coefficient (Wildman–Crippen LogP) is 2.17. The van der Waals surface area contributed by atoms with Gasteiger partial charge in [0.15, 0.2) is 5.82 Å². The fraction of sp³-hybridized carbons (Fsp3) is 0.529. The molecule has 1 atom stereocenters. The molecule has 1 aliphatic rings. The molecular weight excluding hydrogens is 306 g/mol. The molecule has 3 heterocycles. The molecule has 0 saturated carbocycles. The Morgan fingerprint density at radius 1 is 1.38 bits per heavy atom. The fourth-order valence-electron chi connectivity index (χ4n) is 2.75. The number of hydrogen-bond donors (Lipinski definition) is 1. The van der Waals surface area contributed by atoms with Crippen molar-refractivity contribution in [1.29, 1.82) is 0 Å². The van der Waals surface area contributed by atoms with E-state index in [-0.39, 0.29) is 12.0 Å². The Kier molecular flexibility index (Phi) is 5.20. The molecule has 0 radical (unpaired) electrons. The van der Waals surface area contributed by atoms with Gasteiger partial charge >= 0.3 is 0 Å². The lowest BCUT2D eigenvalue weighted by atomic mass is 10.1. The number of nitrogens with one attached hydrogen (secondary N) is 1. The highest BCUT2D eigenvalue weighted by Crippen LogP contribution is 2.24. The number of carbonyl (C=O) groups excluding carboxylic acids is 1. The van der Waals surface area contributed by atoms with Crippen LogP contribution in [0, 0.1) is 6.92 Å². The van der Waals surface area contributed by atoms with Crippen LogP contribution in [0.15, 0.2) is 18.6 Å². The molecule has 0 spiro atoms. The maximum atomic E-state index is 12.3. The molecule has 2 aromatic heterocycles. The Bertz CT molecular complexity index is 690. The lowest BCUT2D eigenvalue weighted by Crippen LogP contribution is -2.23. The molecule has 1 N–H and O–H groups in total. The van der Waals surface area contributed by atoms with Gasteiger partial charge < -0.3 is 10.1 Å². The zero-order chi connectivity index (χ0) is 16.9. The van der Waals surface area contributed by atoms with Crippen molar-refractivity contribution in [2.24, 2.45) is 0 Å². The highest BCUT2D eigenvalue weighted by Gasteiger charge is 2.18. The van der Waals surface area contributed by atoms with Gasteiger partial charge in [-0.1, -0.05) is 0 Å². The zero-order valence-corrected chi connectivity index (χ0v) is 14.2. The van der Waals surface area contributed by atoms with Crippen LogP contribution in [0.5, 0.6) is 0 Å². The molecular formula is C17H23N5O2. The number of ether oxygens (including phenoxy) is 1. The summed E-state index contributed by atoms with van der Waals surface area (Å²) >= 11 is 0. The Hall–Kier alpha value is -2.28. The molecule has 1 unspecified atom stereocenters. The number of hydrogen-bond acceptors (Lipinski definition) is 5. The van der Waals surface area contributed by atoms with Crippen LogP contribution in [0.3, 0.4) is 0 Å². The molecule has 3 rings (SSSR count). The van der Waals surface area contributed by atoms with Gasteiger partial charge in [0.1, 0.15) is 6.10 Å². The van der Waals surface area contributed by atoms with E-state index in [4.69, 9.17) is 4.74 Å². The second kappa shape index (κ2) is 7.53. The number of amides is 1. The summed E-state index contributed by atoms with van der Waals surface area (Å²) in [6.07, 6.45) is 8.50. The molecule has 24 heavy (non-hydrogen) atoms. The van der Waals surface area contributed by atoms with Crippen molar-refractivity contribution in [1.82, 2.24) is 25.1 Å². The maximum absolute atomic E-state index is 12.3. The minimum Gasteiger partial charge on any atom is -0.370 e. The van der Waals surface area contributed by atoms with E-state index in [1.165, 1.54) is 0 Å². The molecule has 1 aliphatic heterocycles. The summed E-state index contributed by atoms with van der Waals surface area (Å²) < 4.78 is 7.44. The SMILES string of the molecule is CCn1cc(C(=O)NCc2cnc(C3CCCCO3)nc2)c(C)n1. The van der Waals surface area contributed by atoms with Gasteiger partial charge in [-0.3, -0.25) is 9.48 Å². The van der Waals surface area contributed by atoms with Crippen LogP contribution < -0.4 is 5.32 Å². The molecule has 0 aromatic carbocycles. The number of aryl methyl sites for hydroxylation is 2. The van der Waals surface area contributed by atoms with E-state index in [0.717, 1.165) is 49.5 Å². The molecule has 7 nitrogen and oxygen atoms in total. The topological polar surface area (TPSA) is 81.9 Å². The summed E-state index contributed by atoms with van der Waals surface area (Å²) in [6, 6.07) is 0. The molecule has 7 heteroatoms. The lowest BCUT2D eigenvalue weighted by Gasteiger charge is -2.21. The smallest absolute Gasteiger partial charge is 0.255 e. The minimum atomic E-state index is -0.133. The van der Waals surface area contributed by atoms with E-state index in [9.17, 15) is 4.79 Å². The van der Waals surface area contributed by atoms with Crippen LogP contribution in [0.4, 0.5) is 0 Å². The van der Waals surface area contributed by atoms with Crippen LogP contribution in [-0.2, 0) is 17.8 Å². The van der Waals surface area contributed by atoms with Gasteiger partial charge in [-0.15, -0.1) is 0 Å². The molecule has 2 aromatic rings. The quantitative estimate of drug-likeness (QED) is 0.909. The van der Waals surface area contributed by atoms with Gasteiger partial charge in [0.05, 0.1) is 11.3 Å². The van der Waals surface area contributed by atoms with E-state index in [1.807, 2.05) is 13.8 Å². The van der Waals surface area contributed by atoms with Crippen LogP contribution in [0.25, 0.3) is 0 Å². The van der Waals surface area contributed by atoms with Crippen molar-refractivity contribution in [3.63, 3.8) is 0 Å². The summed E-state index contributed by atoms with van der Waals surface area (Å²) in [7, 11) is 0. The molecule has 0 bridgehead atoms. The highest BCUT2D eigenvalue weighted by atomic mass is 16.5. The maximum Gasteiger partial charge on any atom is 0.255 e. The largest absolute Gasteiger partial charge is 0.370 e. The summed E-state index contributed by atoms with van der Waals surface area (Å²) in [5.74, 6) is 0.594. The van der Waals surface area contributed by atoms with Gasteiger partial charge in [0, 0.05) is 43.9 Å². The number of carbonyl (C=O) groups is 1. The molecule has 1 fully saturated rings. The monoisotopic (exact) mass is 329 g/mol. The van der Waals surface area contributed by atoms with Crippen LogP contribution in [0.2, 0.25) is 0 Å². The summed E-state index contributed by atoms with van der Waals surface area (Å²) in [5.41, 5.74) is 2.20. The second-order valence-corrected chi connectivity index (χ2v) is 5.97. The third kappa shape index (κ3) is 3.79. The third-order valence-electron chi connectivity index (χ3n) is 4.16. The van der Waals surface area contributed by atoms with Crippen molar-refractivity contribution < 1.29 is 9.53 Å². The normalized spacial score (nSPS) is 17.7. The van der Waals surface area contributed by atoms with E-state index < -0.39 is 0 Å². The zero-order valence-electron chi connectivity index (χ0n) is 14.2. The van der Waals surface area contributed by atoms with Crippen molar-refractivity contribution in [2.45, 2.75) is 52.3 Å². The van der Waals surface area contributed by atoms with E-state index >= 15 is 0 Å². The minimum absolute atomic E-state index is 0.00456. The molecule has 1 saturated heterocycles. The molecule has 128 valence electrons. The van der Waals surface area contributed by atoms with Gasteiger partial charge in [-0.05, 0) is 33.1 Å². The van der Waals surface area contributed by atoms with E-state index in [1.54, 1.807) is 23.3 Å². The Labute approximate surface area is 141 Å². The first-order valence-electron chi connectivity index (χ1n) is 8.42. The Morgan fingerprint density at radius 2 is 2.17 bits per heavy atom. The predicted molar refractivity (Wildman–Crippen MR) is 88.4 cm³/mol. The Morgan fingerprint density at radius 3 is 2.79 bits per heavy atom. The average molecular weight is 329 g/mol. The van der Waals surface area contributed by atoms with Crippen molar-refractivity contribution in [3.05, 3.63) is 41.2 Å². The molecule has 1 amide bonds. The van der Waals surface area contributed by atoms with Crippen molar-refractivity contribution >= 4 is 5.91 Å².